The maximum Gasteiger partial charge on any atom is 0.174 e. The summed E-state index contributed by atoms with van der Waals surface area (Å²) in [4.78, 5) is 11.4. The number of anilines is 1. The lowest BCUT2D eigenvalue weighted by molar-refractivity contribution is 0.532. The van der Waals surface area contributed by atoms with E-state index in [2.05, 4.69) is 87.3 Å². The van der Waals surface area contributed by atoms with Crippen molar-refractivity contribution in [2.45, 2.75) is 32.5 Å². The molecule has 0 radical (unpaired) electrons. The molecular formula is C26H25N5S. The lowest BCUT2D eigenvalue weighted by atomic mass is 10.00. The summed E-state index contributed by atoms with van der Waals surface area (Å²) in [5, 5.41) is 4.26. The highest BCUT2D eigenvalue weighted by molar-refractivity contribution is 7.80. The summed E-state index contributed by atoms with van der Waals surface area (Å²) >= 11 is 5.88. The van der Waals surface area contributed by atoms with Gasteiger partial charge in [-0.25, -0.2) is 0 Å². The first kappa shape index (κ1) is 20.4. The zero-order valence-electron chi connectivity index (χ0n) is 18.1. The largest absolute Gasteiger partial charge is 0.351 e. The predicted molar refractivity (Wildman–Crippen MR) is 132 cm³/mol. The third-order valence-corrected chi connectivity index (χ3v) is 6.12. The van der Waals surface area contributed by atoms with E-state index in [0.717, 1.165) is 22.8 Å². The number of nitrogens with zero attached hydrogens (tertiary/aromatic N) is 4. The fourth-order valence-electron chi connectivity index (χ4n) is 4.53. The van der Waals surface area contributed by atoms with Gasteiger partial charge in [-0.15, -0.1) is 0 Å². The van der Waals surface area contributed by atoms with Gasteiger partial charge in [0.1, 0.15) is 6.04 Å². The van der Waals surface area contributed by atoms with Crippen molar-refractivity contribution < 1.29 is 0 Å². The molecule has 6 heteroatoms. The van der Waals surface area contributed by atoms with E-state index in [-0.39, 0.29) is 12.1 Å². The van der Waals surface area contributed by atoms with Crippen LogP contribution in [0.2, 0.25) is 0 Å². The minimum atomic E-state index is -0.0677. The van der Waals surface area contributed by atoms with E-state index in [1.807, 2.05) is 36.7 Å². The molecule has 4 aromatic rings. The molecule has 1 aliphatic rings. The molecule has 1 saturated heterocycles. The minimum absolute atomic E-state index is 0.0442. The molecule has 0 saturated carbocycles. The quantitative estimate of drug-likeness (QED) is 0.437. The Kier molecular flexibility index (Phi) is 5.45. The normalized spacial score (nSPS) is 18.1. The van der Waals surface area contributed by atoms with Gasteiger partial charge in [-0.3, -0.25) is 9.97 Å². The maximum atomic E-state index is 5.88. The first-order chi connectivity index (χ1) is 15.6. The summed E-state index contributed by atoms with van der Waals surface area (Å²) < 4.78 is 2.26. The maximum absolute atomic E-state index is 5.88. The van der Waals surface area contributed by atoms with Crippen LogP contribution in [0.4, 0.5) is 5.69 Å². The van der Waals surface area contributed by atoms with E-state index in [0.29, 0.717) is 11.7 Å². The topological polar surface area (TPSA) is 46.0 Å². The van der Waals surface area contributed by atoms with Crippen LogP contribution in [-0.4, -0.2) is 19.6 Å². The highest BCUT2D eigenvalue weighted by atomic mass is 32.1. The third-order valence-electron chi connectivity index (χ3n) is 5.81. The molecule has 3 aromatic heterocycles. The van der Waals surface area contributed by atoms with Crippen molar-refractivity contribution in [1.29, 1.82) is 0 Å². The Bertz CT molecular complexity index is 1220. The Balaban J connectivity index is 1.62. The van der Waals surface area contributed by atoms with Gasteiger partial charge in [0, 0.05) is 30.0 Å². The van der Waals surface area contributed by atoms with E-state index in [9.17, 15) is 0 Å². The Morgan fingerprint density at radius 3 is 2.34 bits per heavy atom. The molecule has 2 unspecified atom stereocenters. The molecule has 0 aliphatic carbocycles. The summed E-state index contributed by atoms with van der Waals surface area (Å²) in [5.74, 6) is 0. The molecule has 160 valence electrons. The van der Waals surface area contributed by atoms with Crippen LogP contribution in [0.5, 0.6) is 0 Å². The Hall–Kier alpha value is -3.51. The molecule has 1 aromatic carbocycles. The summed E-state index contributed by atoms with van der Waals surface area (Å²) in [6.45, 7) is 4.94. The van der Waals surface area contributed by atoms with Gasteiger partial charge < -0.3 is 14.8 Å². The lowest BCUT2D eigenvalue weighted by Gasteiger charge is -2.29. The molecule has 1 fully saturated rings. The number of benzene rings is 1. The van der Waals surface area contributed by atoms with E-state index in [1.54, 1.807) is 0 Å². The van der Waals surface area contributed by atoms with E-state index in [4.69, 9.17) is 12.2 Å². The minimum Gasteiger partial charge on any atom is -0.351 e. The van der Waals surface area contributed by atoms with Crippen molar-refractivity contribution in [3.05, 3.63) is 114 Å². The number of hydrogen-bond acceptors (Lipinski definition) is 3. The van der Waals surface area contributed by atoms with Gasteiger partial charge in [-0.05, 0) is 85.7 Å². The number of aryl methyl sites for hydroxylation is 2. The van der Waals surface area contributed by atoms with Gasteiger partial charge in [-0.2, -0.15) is 0 Å². The van der Waals surface area contributed by atoms with Crippen molar-refractivity contribution in [3.8, 4) is 0 Å². The summed E-state index contributed by atoms with van der Waals surface area (Å²) in [6, 6.07) is 22.8. The van der Waals surface area contributed by atoms with Crippen LogP contribution in [0.25, 0.3) is 0 Å². The molecule has 32 heavy (non-hydrogen) atoms. The molecule has 0 amide bonds. The first-order valence-electron chi connectivity index (χ1n) is 10.7. The molecule has 5 rings (SSSR count). The number of aromatic nitrogens is 3. The number of rotatable bonds is 5. The molecule has 0 bridgehead atoms. The molecular weight excluding hydrogens is 414 g/mol. The molecule has 5 nitrogen and oxygen atoms in total. The first-order valence-corrected chi connectivity index (χ1v) is 11.1. The zero-order chi connectivity index (χ0) is 22.1. The van der Waals surface area contributed by atoms with Crippen molar-refractivity contribution >= 4 is 23.0 Å². The lowest BCUT2D eigenvalue weighted by Crippen LogP contribution is -2.30. The highest BCUT2D eigenvalue weighted by Crippen LogP contribution is 2.42. The second-order valence-electron chi connectivity index (χ2n) is 8.22. The van der Waals surface area contributed by atoms with Gasteiger partial charge >= 0.3 is 0 Å². The van der Waals surface area contributed by atoms with Crippen LogP contribution in [0, 0.1) is 13.8 Å². The van der Waals surface area contributed by atoms with Crippen LogP contribution in [0.3, 0.4) is 0 Å². The monoisotopic (exact) mass is 439 g/mol. The average Bonchev–Trinajstić information content (AvgIpc) is 3.38. The molecule has 0 spiro atoms. The van der Waals surface area contributed by atoms with Gasteiger partial charge in [0.25, 0.3) is 0 Å². The van der Waals surface area contributed by atoms with Gasteiger partial charge in [-0.1, -0.05) is 18.2 Å². The van der Waals surface area contributed by atoms with E-state index >= 15 is 0 Å². The number of nitrogens with one attached hydrogen (secondary N) is 1. The fourth-order valence-corrected chi connectivity index (χ4v) is 4.88. The van der Waals surface area contributed by atoms with Crippen molar-refractivity contribution in [1.82, 2.24) is 19.9 Å². The van der Waals surface area contributed by atoms with Gasteiger partial charge in [0.2, 0.25) is 0 Å². The van der Waals surface area contributed by atoms with Crippen LogP contribution >= 0.6 is 12.2 Å². The second kappa shape index (κ2) is 8.55. The SMILES string of the molecule is Cc1cc(C)cc(N2C(=S)NC(c3ccccn3)C2c2cccn2Cc2ccccn2)c1. The van der Waals surface area contributed by atoms with Crippen molar-refractivity contribution in [2.24, 2.45) is 0 Å². The van der Waals surface area contributed by atoms with Crippen molar-refractivity contribution in [3.63, 3.8) is 0 Å². The Labute approximate surface area is 193 Å². The zero-order valence-corrected chi connectivity index (χ0v) is 19.0. The molecule has 1 aliphatic heterocycles. The molecule has 2 atom stereocenters. The van der Waals surface area contributed by atoms with Gasteiger partial charge in [0.05, 0.1) is 24.0 Å². The average molecular weight is 440 g/mol. The number of pyridine rings is 2. The summed E-state index contributed by atoms with van der Waals surface area (Å²) in [7, 11) is 0. The third kappa shape index (κ3) is 3.89. The Morgan fingerprint density at radius 1 is 0.906 bits per heavy atom. The van der Waals surface area contributed by atoms with E-state index in [1.165, 1.54) is 11.1 Å². The number of thiocarbonyl (C=S) groups is 1. The smallest absolute Gasteiger partial charge is 0.174 e. The fraction of sp³-hybridized carbons (Fsp3) is 0.192. The highest BCUT2D eigenvalue weighted by Gasteiger charge is 2.42. The van der Waals surface area contributed by atoms with Crippen LogP contribution in [0.1, 0.15) is 40.3 Å². The molecule has 1 N–H and O–H groups in total. The van der Waals surface area contributed by atoms with Crippen LogP contribution in [0.15, 0.2) is 85.3 Å². The summed E-state index contributed by atoms with van der Waals surface area (Å²) in [6.07, 6.45) is 5.79. The Morgan fingerprint density at radius 2 is 1.66 bits per heavy atom. The number of hydrogen-bond donors (Lipinski definition) is 1. The van der Waals surface area contributed by atoms with Crippen molar-refractivity contribution in [2.75, 3.05) is 4.90 Å². The predicted octanol–water partition coefficient (Wildman–Crippen LogP) is 5.12. The van der Waals surface area contributed by atoms with E-state index < -0.39 is 0 Å². The summed E-state index contributed by atoms with van der Waals surface area (Å²) in [5.41, 5.74) is 6.67. The van der Waals surface area contributed by atoms with Crippen LogP contribution < -0.4 is 10.2 Å². The van der Waals surface area contributed by atoms with Crippen LogP contribution in [-0.2, 0) is 6.54 Å². The standard InChI is InChI=1S/C26H25N5S/c1-18-14-19(2)16-21(15-18)31-25(24(29-26(31)32)22-9-4-6-12-28-22)23-10-7-13-30(23)17-20-8-3-5-11-27-20/h3-16,24-25H,17H2,1-2H3,(H,29,32). The van der Waals surface area contributed by atoms with Gasteiger partial charge in [0.15, 0.2) is 5.11 Å². The second-order valence-corrected chi connectivity index (χ2v) is 8.61. The molecule has 4 heterocycles.